The zero-order chi connectivity index (χ0) is 23.0. The zero-order valence-corrected chi connectivity index (χ0v) is 19.3. The van der Waals surface area contributed by atoms with E-state index in [1.807, 2.05) is 24.3 Å². The van der Waals surface area contributed by atoms with E-state index in [4.69, 9.17) is 16.3 Å². The van der Waals surface area contributed by atoms with Gasteiger partial charge in [0, 0.05) is 17.6 Å². The Labute approximate surface area is 193 Å². The molecule has 0 unspecified atom stereocenters. The summed E-state index contributed by atoms with van der Waals surface area (Å²) in [5.41, 5.74) is 1.35. The summed E-state index contributed by atoms with van der Waals surface area (Å²) in [5, 5.41) is 3.50. The van der Waals surface area contributed by atoms with Crippen molar-refractivity contribution in [2.24, 2.45) is 0 Å². The summed E-state index contributed by atoms with van der Waals surface area (Å²) in [6.45, 7) is 0.0535. The molecule has 8 heteroatoms. The molecule has 32 heavy (non-hydrogen) atoms. The first-order valence-corrected chi connectivity index (χ1v) is 12.0. The normalized spacial score (nSPS) is 11.1. The van der Waals surface area contributed by atoms with Gasteiger partial charge in [-0.2, -0.15) is 0 Å². The summed E-state index contributed by atoms with van der Waals surface area (Å²) in [6.07, 6.45) is 1.39. The molecule has 6 nitrogen and oxygen atoms in total. The third-order valence-corrected chi connectivity index (χ3v) is 7.02. The summed E-state index contributed by atoms with van der Waals surface area (Å²) in [5.74, 6) is 0.0994. The SMILES string of the molecule is COc1cccc(N(CC(=O)NCCCc2ccccc2Cl)S(=O)(=O)c2ccccc2)c1. The fourth-order valence-electron chi connectivity index (χ4n) is 3.19. The highest BCUT2D eigenvalue weighted by atomic mass is 35.5. The fraction of sp³-hybridized carbons (Fsp3) is 0.208. The number of carbonyl (C=O) groups excluding carboxylic acids is 1. The second-order valence-electron chi connectivity index (χ2n) is 7.07. The van der Waals surface area contributed by atoms with Crippen LogP contribution >= 0.6 is 11.6 Å². The molecule has 1 N–H and O–H groups in total. The third-order valence-electron chi connectivity index (χ3n) is 4.86. The highest BCUT2D eigenvalue weighted by Gasteiger charge is 2.27. The molecule has 0 aliphatic heterocycles. The Hall–Kier alpha value is -3.03. The van der Waals surface area contributed by atoms with Crippen LogP contribution in [0.5, 0.6) is 5.75 Å². The molecule has 0 saturated carbocycles. The van der Waals surface area contributed by atoms with Gasteiger partial charge in [-0.1, -0.05) is 54.1 Å². The lowest BCUT2D eigenvalue weighted by Crippen LogP contribution is -2.41. The lowest BCUT2D eigenvalue weighted by molar-refractivity contribution is -0.119. The van der Waals surface area contributed by atoms with Crippen molar-refractivity contribution in [1.82, 2.24) is 5.32 Å². The minimum atomic E-state index is -3.95. The smallest absolute Gasteiger partial charge is 0.264 e. The van der Waals surface area contributed by atoms with Gasteiger partial charge in [-0.05, 0) is 48.7 Å². The maximum atomic E-state index is 13.3. The van der Waals surface area contributed by atoms with Crippen LogP contribution in [0.1, 0.15) is 12.0 Å². The van der Waals surface area contributed by atoms with Crippen LogP contribution in [0, 0.1) is 0 Å². The molecule has 0 aliphatic carbocycles. The Balaban J connectivity index is 1.72. The Kier molecular flexibility index (Phi) is 8.14. The molecule has 3 rings (SSSR count). The van der Waals surface area contributed by atoms with E-state index in [-0.39, 0.29) is 11.4 Å². The van der Waals surface area contributed by atoms with E-state index >= 15 is 0 Å². The van der Waals surface area contributed by atoms with Crippen LogP contribution in [0.25, 0.3) is 0 Å². The van der Waals surface area contributed by atoms with Gasteiger partial charge in [-0.15, -0.1) is 0 Å². The molecular weight excluding hydrogens is 448 g/mol. The number of carbonyl (C=O) groups is 1. The summed E-state index contributed by atoms with van der Waals surface area (Å²) in [4.78, 5) is 12.8. The highest BCUT2D eigenvalue weighted by molar-refractivity contribution is 7.92. The fourth-order valence-corrected chi connectivity index (χ4v) is 4.86. The van der Waals surface area contributed by atoms with E-state index in [1.54, 1.807) is 42.5 Å². The van der Waals surface area contributed by atoms with E-state index < -0.39 is 15.9 Å². The molecule has 3 aromatic carbocycles. The van der Waals surface area contributed by atoms with Gasteiger partial charge >= 0.3 is 0 Å². The average molecular weight is 473 g/mol. The van der Waals surface area contributed by atoms with Gasteiger partial charge in [0.2, 0.25) is 5.91 Å². The van der Waals surface area contributed by atoms with E-state index in [0.717, 1.165) is 9.87 Å². The number of nitrogens with one attached hydrogen (secondary N) is 1. The largest absolute Gasteiger partial charge is 0.497 e. The van der Waals surface area contributed by atoms with Crippen molar-refractivity contribution in [3.8, 4) is 5.75 Å². The molecule has 0 aliphatic rings. The van der Waals surface area contributed by atoms with Gasteiger partial charge in [0.1, 0.15) is 12.3 Å². The number of hydrogen-bond donors (Lipinski definition) is 1. The Morgan fingerprint density at radius 3 is 2.44 bits per heavy atom. The van der Waals surface area contributed by atoms with Gasteiger partial charge in [0.15, 0.2) is 0 Å². The van der Waals surface area contributed by atoms with Crippen LogP contribution < -0.4 is 14.4 Å². The molecule has 168 valence electrons. The van der Waals surface area contributed by atoms with Gasteiger partial charge in [-0.25, -0.2) is 8.42 Å². The van der Waals surface area contributed by atoms with Crippen molar-refractivity contribution in [2.45, 2.75) is 17.7 Å². The summed E-state index contributed by atoms with van der Waals surface area (Å²) < 4.78 is 32.9. The van der Waals surface area contributed by atoms with Crippen LogP contribution in [0.3, 0.4) is 0 Å². The molecule has 0 spiro atoms. The first-order chi connectivity index (χ1) is 15.4. The maximum absolute atomic E-state index is 13.3. The van der Waals surface area contributed by atoms with E-state index in [0.29, 0.717) is 35.8 Å². The lowest BCUT2D eigenvalue weighted by Gasteiger charge is -2.24. The number of anilines is 1. The van der Waals surface area contributed by atoms with Crippen LogP contribution in [-0.4, -0.2) is 34.5 Å². The summed E-state index contributed by atoms with van der Waals surface area (Å²) in [6, 6.07) is 22.2. The topological polar surface area (TPSA) is 75.7 Å². The highest BCUT2D eigenvalue weighted by Crippen LogP contribution is 2.26. The second-order valence-corrected chi connectivity index (χ2v) is 9.34. The number of rotatable bonds is 10. The molecule has 0 saturated heterocycles. The number of nitrogens with zero attached hydrogens (tertiary/aromatic N) is 1. The van der Waals surface area contributed by atoms with Crippen LogP contribution in [0.15, 0.2) is 83.8 Å². The number of benzene rings is 3. The van der Waals surface area contributed by atoms with Crippen LogP contribution in [0.2, 0.25) is 5.02 Å². The molecule has 0 bridgehead atoms. The lowest BCUT2D eigenvalue weighted by atomic mass is 10.1. The van der Waals surface area contributed by atoms with E-state index in [9.17, 15) is 13.2 Å². The number of sulfonamides is 1. The number of amides is 1. The molecule has 0 aromatic heterocycles. The van der Waals surface area contributed by atoms with Gasteiger partial charge in [0.25, 0.3) is 10.0 Å². The van der Waals surface area contributed by atoms with E-state index in [1.165, 1.54) is 19.2 Å². The Morgan fingerprint density at radius 2 is 1.72 bits per heavy atom. The molecule has 1 amide bonds. The quantitative estimate of drug-likeness (QED) is 0.446. The number of ether oxygens (including phenoxy) is 1. The van der Waals surface area contributed by atoms with Crippen LogP contribution in [0.4, 0.5) is 5.69 Å². The molecule has 0 heterocycles. The maximum Gasteiger partial charge on any atom is 0.264 e. The second kappa shape index (κ2) is 11.0. The number of methoxy groups -OCH3 is 1. The summed E-state index contributed by atoms with van der Waals surface area (Å²) >= 11 is 6.16. The monoisotopic (exact) mass is 472 g/mol. The number of hydrogen-bond acceptors (Lipinski definition) is 4. The van der Waals surface area contributed by atoms with Crippen molar-refractivity contribution in [3.05, 3.63) is 89.4 Å². The Bertz CT molecular complexity index is 1150. The van der Waals surface area contributed by atoms with Crippen molar-refractivity contribution in [2.75, 3.05) is 24.5 Å². The van der Waals surface area contributed by atoms with E-state index in [2.05, 4.69) is 5.32 Å². The minimum absolute atomic E-state index is 0.106. The molecular formula is C24H25ClN2O4S. The molecule has 0 atom stereocenters. The average Bonchev–Trinajstić information content (AvgIpc) is 2.82. The van der Waals surface area contributed by atoms with Gasteiger partial charge in [-0.3, -0.25) is 9.10 Å². The predicted octanol–water partition coefficient (Wildman–Crippen LogP) is 4.29. The van der Waals surface area contributed by atoms with Gasteiger partial charge in [0.05, 0.1) is 17.7 Å². The van der Waals surface area contributed by atoms with Crippen molar-refractivity contribution in [3.63, 3.8) is 0 Å². The van der Waals surface area contributed by atoms with Gasteiger partial charge < -0.3 is 10.1 Å². The van der Waals surface area contributed by atoms with Crippen LogP contribution in [-0.2, 0) is 21.2 Å². The first-order valence-electron chi connectivity index (χ1n) is 10.1. The summed E-state index contributed by atoms with van der Waals surface area (Å²) in [7, 11) is -2.45. The standard InChI is InChI=1S/C24H25ClN2O4S/c1-31-21-12-7-11-20(17-21)27(32(29,30)22-13-3-2-4-14-22)18-24(28)26-16-8-10-19-9-5-6-15-23(19)25/h2-7,9,11-15,17H,8,10,16,18H2,1H3,(H,26,28). The Morgan fingerprint density at radius 1 is 1.00 bits per heavy atom. The van der Waals surface area contributed by atoms with Crippen molar-refractivity contribution in [1.29, 1.82) is 0 Å². The minimum Gasteiger partial charge on any atom is -0.497 e. The molecule has 0 fully saturated rings. The first kappa shape index (κ1) is 23.6. The molecule has 3 aromatic rings. The number of aryl methyl sites for hydroxylation is 1. The zero-order valence-electron chi connectivity index (χ0n) is 17.7. The van der Waals surface area contributed by atoms with Crippen molar-refractivity contribution < 1.29 is 17.9 Å². The predicted molar refractivity (Wildman–Crippen MR) is 127 cm³/mol. The molecule has 0 radical (unpaired) electrons. The third kappa shape index (κ3) is 6.02. The number of halogens is 1. The van der Waals surface area contributed by atoms with Crippen molar-refractivity contribution >= 4 is 33.2 Å².